The molecule has 2 aliphatic rings. The van der Waals surface area contributed by atoms with Gasteiger partial charge in [0, 0.05) is 37.1 Å². The third kappa shape index (κ3) is 2.82. The van der Waals surface area contributed by atoms with Crippen molar-refractivity contribution in [1.82, 2.24) is 14.5 Å². The maximum atomic E-state index is 4.85. The van der Waals surface area contributed by atoms with Crippen LogP contribution in [-0.4, -0.2) is 34.6 Å². The van der Waals surface area contributed by atoms with Gasteiger partial charge in [-0.3, -0.25) is 0 Å². The lowest BCUT2D eigenvalue weighted by atomic mass is 9.90. The van der Waals surface area contributed by atoms with Gasteiger partial charge in [-0.25, -0.2) is 4.98 Å². The Bertz CT molecular complexity index is 744. The Balaban J connectivity index is 0.00000169. The fourth-order valence-corrected chi connectivity index (χ4v) is 3.96. The second kappa shape index (κ2) is 6.94. The number of hydrogen-bond acceptors (Lipinski definition) is 2. The number of likely N-dealkylation sites (tertiary alicyclic amines) is 1. The van der Waals surface area contributed by atoms with Crippen molar-refractivity contribution in [1.29, 1.82) is 0 Å². The Labute approximate surface area is 146 Å². The van der Waals surface area contributed by atoms with E-state index in [9.17, 15) is 0 Å². The first-order valence-electron chi connectivity index (χ1n) is 8.81. The van der Waals surface area contributed by atoms with Crippen LogP contribution in [0.1, 0.15) is 49.8 Å². The number of aromatic nitrogens is 2. The number of benzene rings is 1. The number of fused-ring (bicyclic) bond motifs is 2. The molecule has 128 valence electrons. The van der Waals surface area contributed by atoms with Gasteiger partial charge in [0.25, 0.3) is 0 Å². The molecule has 2 aliphatic heterocycles. The maximum Gasteiger partial charge on any atom is 0.140 e. The largest absolute Gasteiger partial charge is 0.328 e. The summed E-state index contributed by atoms with van der Waals surface area (Å²) in [5, 5.41) is 0. The van der Waals surface area contributed by atoms with Gasteiger partial charge in [0.1, 0.15) is 5.82 Å². The number of hydrogen-bond donors (Lipinski definition) is 0. The predicted octanol–water partition coefficient (Wildman–Crippen LogP) is 4.17. The SMILES string of the molecule is C.CCc1cnc2n1CCc1ccccc1C2=C1CCN(C)CC1. The molecule has 0 atom stereocenters. The highest BCUT2D eigenvalue weighted by atomic mass is 15.1. The first kappa shape index (κ1) is 17.0. The van der Waals surface area contributed by atoms with Gasteiger partial charge in [0.2, 0.25) is 0 Å². The summed E-state index contributed by atoms with van der Waals surface area (Å²) in [6.45, 7) is 5.58. The van der Waals surface area contributed by atoms with Crippen molar-refractivity contribution in [3.63, 3.8) is 0 Å². The Morgan fingerprint density at radius 1 is 1.04 bits per heavy atom. The summed E-state index contributed by atoms with van der Waals surface area (Å²) in [6, 6.07) is 8.94. The monoisotopic (exact) mass is 323 g/mol. The zero-order valence-electron chi connectivity index (χ0n) is 14.2. The highest BCUT2D eigenvalue weighted by molar-refractivity contribution is 5.81. The minimum atomic E-state index is 0. The molecule has 0 amide bonds. The zero-order valence-corrected chi connectivity index (χ0v) is 14.2. The summed E-state index contributed by atoms with van der Waals surface area (Å²) in [5.74, 6) is 1.20. The lowest BCUT2D eigenvalue weighted by molar-refractivity contribution is 0.313. The summed E-state index contributed by atoms with van der Waals surface area (Å²) in [5.41, 5.74) is 7.26. The summed E-state index contributed by atoms with van der Waals surface area (Å²) in [6.07, 6.45) is 6.56. The molecular formula is C21H29N3. The van der Waals surface area contributed by atoms with Crippen LogP contribution in [0.25, 0.3) is 5.57 Å². The van der Waals surface area contributed by atoms with Crippen LogP contribution in [0.4, 0.5) is 0 Å². The number of imidazole rings is 1. The van der Waals surface area contributed by atoms with E-state index < -0.39 is 0 Å². The van der Waals surface area contributed by atoms with E-state index >= 15 is 0 Å². The number of piperidine rings is 1. The normalized spacial score (nSPS) is 17.8. The summed E-state index contributed by atoms with van der Waals surface area (Å²) < 4.78 is 2.46. The molecular weight excluding hydrogens is 294 g/mol. The fourth-order valence-electron chi connectivity index (χ4n) is 3.96. The highest BCUT2D eigenvalue weighted by Crippen LogP contribution is 2.36. The first-order chi connectivity index (χ1) is 11.3. The van der Waals surface area contributed by atoms with Gasteiger partial charge < -0.3 is 9.47 Å². The second-order valence-electron chi connectivity index (χ2n) is 6.77. The van der Waals surface area contributed by atoms with E-state index in [1.54, 1.807) is 5.57 Å². The Hall–Kier alpha value is -1.87. The molecule has 2 aromatic rings. The van der Waals surface area contributed by atoms with E-state index in [1.165, 1.54) is 28.2 Å². The van der Waals surface area contributed by atoms with Gasteiger partial charge in [0.05, 0.1) is 0 Å². The molecule has 0 unspecified atom stereocenters. The Morgan fingerprint density at radius 2 is 1.79 bits per heavy atom. The van der Waals surface area contributed by atoms with Crippen LogP contribution in [0.2, 0.25) is 0 Å². The van der Waals surface area contributed by atoms with Crippen LogP contribution < -0.4 is 0 Å². The van der Waals surface area contributed by atoms with Crippen molar-refractivity contribution in [3.8, 4) is 0 Å². The molecule has 0 aliphatic carbocycles. The quantitative estimate of drug-likeness (QED) is 0.785. The van der Waals surface area contributed by atoms with Crippen LogP contribution >= 0.6 is 0 Å². The van der Waals surface area contributed by atoms with Crippen molar-refractivity contribution >= 4 is 5.57 Å². The molecule has 4 rings (SSSR count). The third-order valence-electron chi connectivity index (χ3n) is 5.36. The lowest BCUT2D eigenvalue weighted by Crippen LogP contribution is -2.27. The average Bonchev–Trinajstić information content (AvgIpc) is 2.91. The lowest BCUT2D eigenvalue weighted by Gasteiger charge is -2.26. The van der Waals surface area contributed by atoms with Gasteiger partial charge in [-0.2, -0.15) is 0 Å². The third-order valence-corrected chi connectivity index (χ3v) is 5.36. The minimum Gasteiger partial charge on any atom is -0.328 e. The van der Waals surface area contributed by atoms with Gasteiger partial charge in [0.15, 0.2) is 0 Å². The van der Waals surface area contributed by atoms with E-state index in [4.69, 9.17) is 4.98 Å². The topological polar surface area (TPSA) is 21.1 Å². The van der Waals surface area contributed by atoms with E-state index in [2.05, 4.69) is 53.9 Å². The molecule has 1 fully saturated rings. The van der Waals surface area contributed by atoms with Crippen molar-refractivity contribution in [3.05, 3.63) is 58.7 Å². The molecule has 1 saturated heterocycles. The van der Waals surface area contributed by atoms with E-state index in [-0.39, 0.29) is 7.43 Å². The van der Waals surface area contributed by atoms with Crippen LogP contribution in [0.3, 0.4) is 0 Å². The smallest absolute Gasteiger partial charge is 0.140 e. The van der Waals surface area contributed by atoms with Gasteiger partial charge in [-0.05, 0) is 43.9 Å². The van der Waals surface area contributed by atoms with Crippen molar-refractivity contribution in [2.75, 3.05) is 20.1 Å². The van der Waals surface area contributed by atoms with Crippen molar-refractivity contribution in [2.45, 2.75) is 46.6 Å². The number of rotatable bonds is 1. The zero-order chi connectivity index (χ0) is 15.8. The standard InChI is InChI=1S/C20H25N3.CH4/c1-3-17-14-21-20-19(16-8-11-22(2)12-9-16)18-7-5-4-6-15(18)10-13-23(17)20;/h4-7,14H,3,8-13H2,1-2H3;1H4. The van der Waals surface area contributed by atoms with Gasteiger partial charge in [-0.1, -0.05) is 44.2 Å². The van der Waals surface area contributed by atoms with E-state index in [1.807, 2.05) is 0 Å². The van der Waals surface area contributed by atoms with Crippen LogP contribution in [0, 0.1) is 0 Å². The second-order valence-corrected chi connectivity index (χ2v) is 6.77. The average molecular weight is 323 g/mol. The molecule has 1 aromatic heterocycles. The molecule has 0 spiro atoms. The van der Waals surface area contributed by atoms with Crippen LogP contribution in [0.15, 0.2) is 36.0 Å². The molecule has 3 heteroatoms. The van der Waals surface area contributed by atoms with E-state index in [0.717, 1.165) is 45.3 Å². The predicted molar refractivity (Wildman–Crippen MR) is 101 cm³/mol. The minimum absolute atomic E-state index is 0. The number of nitrogens with zero attached hydrogens (tertiary/aromatic N) is 3. The van der Waals surface area contributed by atoms with E-state index in [0.29, 0.717) is 0 Å². The maximum absolute atomic E-state index is 4.85. The van der Waals surface area contributed by atoms with Crippen molar-refractivity contribution < 1.29 is 0 Å². The molecule has 0 radical (unpaired) electrons. The molecule has 0 bridgehead atoms. The first-order valence-corrected chi connectivity index (χ1v) is 8.81. The summed E-state index contributed by atoms with van der Waals surface area (Å²) in [4.78, 5) is 7.28. The van der Waals surface area contributed by atoms with Gasteiger partial charge in [-0.15, -0.1) is 0 Å². The fraction of sp³-hybridized carbons (Fsp3) is 0.476. The summed E-state index contributed by atoms with van der Waals surface area (Å²) >= 11 is 0. The molecule has 0 N–H and O–H groups in total. The summed E-state index contributed by atoms with van der Waals surface area (Å²) in [7, 11) is 2.22. The van der Waals surface area contributed by atoms with Crippen molar-refractivity contribution in [2.24, 2.45) is 0 Å². The molecule has 3 heterocycles. The molecule has 0 saturated carbocycles. The van der Waals surface area contributed by atoms with Crippen LogP contribution in [0.5, 0.6) is 0 Å². The Morgan fingerprint density at radius 3 is 2.54 bits per heavy atom. The van der Waals surface area contributed by atoms with Crippen LogP contribution in [-0.2, 0) is 19.4 Å². The highest BCUT2D eigenvalue weighted by Gasteiger charge is 2.25. The molecule has 24 heavy (non-hydrogen) atoms. The van der Waals surface area contributed by atoms with Gasteiger partial charge >= 0.3 is 0 Å². The number of aryl methyl sites for hydroxylation is 2. The molecule has 3 nitrogen and oxygen atoms in total. The Kier molecular flexibility index (Phi) is 4.91. The molecule has 1 aromatic carbocycles.